The van der Waals surface area contributed by atoms with Gasteiger partial charge in [-0.3, -0.25) is 9.59 Å². The molecule has 0 spiro atoms. The van der Waals surface area contributed by atoms with Crippen molar-refractivity contribution in [1.29, 1.82) is 0 Å². The first-order valence-corrected chi connectivity index (χ1v) is 8.39. The summed E-state index contributed by atoms with van der Waals surface area (Å²) in [5.41, 5.74) is 0.294. The molecule has 0 heterocycles. The Morgan fingerprint density at radius 3 is 2.09 bits per heavy atom. The second-order valence-corrected chi connectivity index (χ2v) is 6.41. The van der Waals surface area contributed by atoms with E-state index in [0.717, 1.165) is 0 Å². The zero-order valence-corrected chi connectivity index (χ0v) is 13.7. The van der Waals surface area contributed by atoms with Crippen molar-refractivity contribution in [1.82, 2.24) is 14.9 Å². The summed E-state index contributed by atoms with van der Waals surface area (Å²) in [6.07, 6.45) is 0. The number of hydrogen-bond acceptors (Lipinski definition) is 4. The number of hydrogen-bond donors (Lipinski definition) is 2. The summed E-state index contributed by atoms with van der Waals surface area (Å²) in [7, 11) is -2.06. The molecule has 22 heavy (non-hydrogen) atoms. The molecule has 0 radical (unpaired) electrons. The fourth-order valence-electron chi connectivity index (χ4n) is 1.84. The lowest BCUT2D eigenvalue weighted by Crippen LogP contribution is -2.35. The normalized spacial score (nSPS) is 11.3. The van der Waals surface area contributed by atoms with E-state index in [1.54, 1.807) is 13.8 Å². The fraction of sp³-hybridized carbons (Fsp3) is 0.429. The average Bonchev–Trinajstić information content (AvgIpc) is 2.53. The third kappa shape index (κ3) is 4.28. The summed E-state index contributed by atoms with van der Waals surface area (Å²) < 4.78 is 25.9. The number of likely N-dealkylation sites (N-methyl/N-ethyl adjacent to an activating group) is 1. The Balaban J connectivity index is 2.87. The van der Waals surface area contributed by atoms with Gasteiger partial charge >= 0.3 is 0 Å². The van der Waals surface area contributed by atoms with E-state index in [4.69, 9.17) is 0 Å². The molecule has 7 nitrogen and oxygen atoms in total. The second-order valence-electron chi connectivity index (χ2n) is 4.47. The number of nitrogens with one attached hydrogen (secondary N) is 2. The molecule has 0 fully saturated rings. The van der Waals surface area contributed by atoms with Gasteiger partial charge in [0.05, 0.1) is 11.4 Å². The number of carbonyl (C=O) groups excluding carboxylic acids is 2. The van der Waals surface area contributed by atoms with Crippen molar-refractivity contribution >= 4 is 21.8 Å². The van der Waals surface area contributed by atoms with Crippen LogP contribution in [0.4, 0.5) is 0 Å². The van der Waals surface area contributed by atoms with Crippen molar-refractivity contribution in [2.24, 2.45) is 0 Å². The van der Waals surface area contributed by atoms with E-state index in [0.29, 0.717) is 18.7 Å². The number of nitrogens with zero attached hydrogens (tertiary/aromatic N) is 1. The molecule has 2 amide bonds. The molecule has 0 aliphatic heterocycles. The highest BCUT2D eigenvalue weighted by Gasteiger charge is 2.21. The van der Waals surface area contributed by atoms with Crippen LogP contribution >= 0.6 is 0 Å². The van der Waals surface area contributed by atoms with Gasteiger partial charge in [-0.05, 0) is 24.3 Å². The zero-order chi connectivity index (χ0) is 16.8. The highest BCUT2D eigenvalue weighted by Crippen LogP contribution is 2.16. The van der Waals surface area contributed by atoms with Gasteiger partial charge in [0, 0.05) is 25.7 Å². The molecule has 0 unspecified atom stereocenters. The van der Waals surface area contributed by atoms with Gasteiger partial charge in [0.2, 0.25) is 15.9 Å². The van der Waals surface area contributed by atoms with E-state index in [1.807, 2.05) is 0 Å². The first kappa shape index (κ1) is 18.1. The third-order valence-corrected chi connectivity index (χ3v) is 5.21. The molecule has 122 valence electrons. The molecular weight excluding hydrogens is 306 g/mol. The summed E-state index contributed by atoms with van der Waals surface area (Å²) in [4.78, 5) is 23.0. The van der Waals surface area contributed by atoms with Gasteiger partial charge in [0.1, 0.15) is 0 Å². The minimum Gasteiger partial charge on any atom is -0.358 e. The minimum absolute atomic E-state index is 0.130. The molecule has 1 aromatic rings. The maximum Gasteiger partial charge on any atom is 0.251 e. The van der Waals surface area contributed by atoms with Crippen molar-refractivity contribution < 1.29 is 18.0 Å². The molecule has 0 atom stereocenters. The Morgan fingerprint density at radius 2 is 1.64 bits per heavy atom. The molecule has 2 N–H and O–H groups in total. The van der Waals surface area contributed by atoms with Crippen LogP contribution in [0.2, 0.25) is 0 Å². The van der Waals surface area contributed by atoms with Crippen molar-refractivity contribution in [3.05, 3.63) is 29.8 Å². The van der Waals surface area contributed by atoms with Gasteiger partial charge in [0.25, 0.3) is 5.91 Å². The molecule has 0 aliphatic rings. The summed E-state index contributed by atoms with van der Waals surface area (Å²) in [6, 6.07) is 5.63. The topological polar surface area (TPSA) is 95.6 Å². The standard InChI is InChI=1S/C14H21N3O4S/c1-4-17(5-2)22(20,21)12-8-6-11(7-9-12)14(19)16-10-13(18)15-3/h6-9H,4-5,10H2,1-3H3,(H,15,18)(H,16,19). The lowest BCUT2D eigenvalue weighted by molar-refractivity contribution is -0.119. The summed E-state index contributed by atoms with van der Waals surface area (Å²) in [5.74, 6) is -0.746. The predicted molar refractivity (Wildman–Crippen MR) is 82.9 cm³/mol. The van der Waals surface area contributed by atoms with Crippen LogP contribution in [0.3, 0.4) is 0 Å². The van der Waals surface area contributed by atoms with Crippen LogP contribution in [0.15, 0.2) is 29.2 Å². The Hall–Kier alpha value is -1.93. The molecular formula is C14H21N3O4S. The molecule has 1 aromatic carbocycles. The lowest BCUT2D eigenvalue weighted by Gasteiger charge is -2.18. The Morgan fingerprint density at radius 1 is 1.09 bits per heavy atom. The quantitative estimate of drug-likeness (QED) is 0.747. The monoisotopic (exact) mass is 327 g/mol. The van der Waals surface area contributed by atoms with Crippen molar-refractivity contribution in [2.75, 3.05) is 26.7 Å². The minimum atomic E-state index is -3.54. The first-order valence-electron chi connectivity index (χ1n) is 6.95. The van der Waals surface area contributed by atoms with Gasteiger partial charge in [-0.1, -0.05) is 13.8 Å². The van der Waals surface area contributed by atoms with Crippen LogP contribution in [0.5, 0.6) is 0 Å². The zero-order valence-electron chi connectivity index (χ0n) is 12.9. The SMILES string of the molecule is CCN(CC)S(=O)(=O)c1ccc(C(=O)NCC(=O)NC)cc1. The predicted octanol–water partition coefficient (Wildman–Crippen LogP) is 0.193. The Labute approximate surface area is 130 Å². The van der Waals surface area contributed by atoms with Crippen LogP contribution in [-0.4, -0.2) is 51.2 Å². The van der Waals surface area contributed by atoms with Crippen LogP contribution in [0.1, 0.15) is 24.2 Å². The fourth-order valence-corrected chi connectivity index (χ4v) is 3.30. The second kappa shape index (κ2) is 7.90. The van der Waals surface area contributed by atoms with Gasteiger partial charge in [0.15, 0.2) is 0 Å². The smallest absolute Gasteiger partial charge is 0.251 e. The number of amides is 2. The molecule has 0 aromatic heterocycles. The molecule has 0 bridgehead atoms. The number of sulfonamides is 1. The highest BCUT2D eigenvalue weighted by molar-refractivity contribution is 7.89. The van der Waals surface area contributed by atoms with Crippen molar-refractivity contribution in [3.8, 4) is 0 Å². The maximum atomic E-state index is 12.3. The van der Waals surface area contributed by atoms with E-state index in [-0.39, 0.29) is 17.3 Å². The van der Waals surface area contributed by atoms with Crippen LogP contribution < -0.4 is 10.6 Å². The summed E-state index contributed by atoms with van der Waals surface area (Å²) in [5, 5.41) is 4.83. The van der Waals surface area contributed by atoms with E-state index in [1.165, 1.54) is 35.6 Å². The molecule has 1 rings (SSSR count). The molecule has 0 aliphatic carbocycles. The van der Waals surface area contributed by atoms with Gasteiger partial charge < -0.3 is 10.6 Å². The number of rotatable bonds is 7. The van der Waals surface area contributed by atoms with Crippen LogP contribution in [0.25, 0.3) is 0 Å². The van der Waals surface area contributed by atoms with E-state index < -0.39 is 15.9 Å². The van der Waals surface area contributed by atoms with E-state index in [2.05, 4.69) is 10.6 Å². The Bertz CT molecular complexity index is 622. The third-order valence-electron chi connectivity index (χ3n) is 3.15. The highest BCUT2D eigenvalue weighted by atomic mass is 32.2. The van der Waals surface area contributed by atoms with E-state index >= 15 is 0 Å². The van der Waals surface area contributed by atoms with E-state index in [9.17, 15) is 18.0 Å². The Kier molecular flexibility index (Phi) is 6.51. The molecule has 0 saturated carbocycles. The molecule has 0 saturated heterocycles. The van der Waals surface area contributed by atoms with Crippen molar-refractivity contribution in [3.63, 3.8) is 0 Å². The van der Waals surface area contributed by atoms with Gasteiger partial charge in [-0.15, -0.1) is 0 Å². The maximum absolute atomic E-state index is 12.3. The van der Waals surface area contributed by atoms with Gasteiger partial charge in [-0.25, -0.2) is 8.42 Å². The van der Waals surface area contributed by atoms with Crippen LogP contribution in [-0.2, 0) is 14.8 Å². The summed E-state index contributed by atoms with van der Waals surface area (Å²) >= 11 is 0. The number of carbonyl (C=O) groups is 2. The average molecular weight is 327 g/mol. The van der Waals surface area contributed by atoms with Gasteiger partial charge in [-0.2, -0.15) is 4.31 Å². The van der Waals surface area contributed by atoms with Crippen molar-refractivity contribution in [2.45, 2.75) is 18.7 Å². The number of benzene rings is 1. The first-order chi connectivity index (χ1) is 10.4. The van der Waals surface area contributed by atoms with Crippen LogP contribution in [0, 0.1) is 0 Å². The summed E-state index contributed by atoms with van der Waals surface area (Å²) in [6.45, 7) is 4.17. The molecule has 8 heteroatoms. The lowest BCUT2D eigenvalue weighted by atomic mass is 10.2. The largest absolute Gasteiger partial charge is 0.358 e.